The van der Waals surface area contributed by atoms with Crippen LogP contribution in [0.1, 0.15) is 22.3 Å². The van der Waals surface area contributed by atoms with Crippen LogP contribution in [0.5, 0.6) is 0 Å². The van der Waals surface area contributed by atoms with Gasteiger partial charge < -0.3 is 19.3 Å². The maximum atomic E-state index is 2.43. The van der Waals surface area contributed by atoms with Crippen LogP contribution in [0.3, 0.4) is 0 Å². The van der Waals surface area contributed by atoms with Crippen LogP contribution in [-0.4, -0.2) is 11.6 Å². The van der Waals surface area contributed by atoms with Crippen molar-refractivity contribution in [2.24, 2.45) is 7.05 Å². The van der Waals surface area contributed by atoms with E-state index < -0.39 is 0 Å². The fourth-order valence-electron chi connectivity index (χ4n) is 9.27. The Morgan fingerprint density at radius 1 is 0.357 bits per heavy atom. The third-order valence-corrected chi connectivity index (χ3v) is 11.6. The first-order valence-corrected chi connectivity index (χ1v) is 19.5. The van der Waals surface area contributed by atoms with Crippen LogP contribution < -0.4 is 14.7 Å². The maximum Gasteiger partial charge on any atom is 0.0510 e. The molecule has 272 valence electrons. The molecule has 9 aromatic rings. The second-order valence-electron chi connectivity index (χ2n) is 15.6. The quantitative estimate of drug-likeness (QED) is 0.170. The highest BCUT2D eigenvalue weighted by atomic mass is 15.2. The molecule has 10 rings (SSSR count). The second kappa shape index (κ2) is 12.9. The Labute approximate surface area is 329 Å². The van der Waals surface area contributed by atoms with E-state index in [1.807, 2.05) is 0 Å². The molecule has 4 heteroatoms. The van der Waals surface area contributed by atoms with Crippen LogP contribution >= 0.6 is 0 Å². The molecule has 4 nitrogen and oxygen atoms in total. The largest absolute Gasteiger partial charge is 0.344 e. The predicted octanol–water partition coefficient (Wildman–Crippen LogP) is 14.4. The molecule has 0 bridgehead atoms. The number of nitrogens with zero attached hydrogens (tertiary/aromatic N) is 4. The summed E-state index contributed by atoms with van der Waals surface area (Å²) in [6.07, 6.45) is 0. The van der Waals surface area contributed by atoms with Crippen molar-refractivity contribution in [2.45, 2.75) is 27.7 Å². The number of hydrogen-bond donors (Lipinski definition) is 0. The number of para-hydroxylation sites is 2. The highest BCUT2D eigenvalue weighted by Crippen LogP contribution is 2.52. The molecule has 1 aliphatic heterocycles. The minimum atomic E-state index is 1.13. The molecule has 0 saturated heterocycles. The van der Waals surface area contributed by atoms with E-state index in [-0.39, 0.29) is 0 Å². The minimum absolute atomic E-state index is 1.13. The van der Waals surface area contributed by atoms with Gasteiger partial charge in [-0.15, -0.1) is 0 Å². The number of fused-ring (bicyclic) bond motifs is 6. The predicted molar refractivity (Wildman–Crippen MR) is 240 cm³/mol. The van der Waals surface area contributed by atoms with Crippen LogP contribution in [0.15, 0.2) is 158 Å². The lowest BCUT2D eigenvalue weighted by Crippen LogP contribution is -2.17. The molecule has 1 aliphatic rings. The molecule has 0 amide bonds. The zero-order valence-corrected chi connectivity index (χ0v) is 32.8. The summed E-state index contributed by atoms with van der Waals surface area (Å²) >= 11 is 0. The number of aryl methyl sites for hydroxylation is 5. The lowest BCUT2D eigenvalue weighted by Gasteiger charge is -2.33. The van der Waals surface area contributed by atoms with Crippen LogP contribution in [0.4, 0.5) is 45.5 Å². The molecule has 0 unspecified atom stereocenters. The van der Waals surface area contributed by atoms with Crippen molar-refractivity contribution < 1.29 is 0 Å². The Morgan fingerprint density at radius 3 is 1.50 bits per heavy atom. The summed E-state index contributed by atoms with van der Waals surface area (Å²) in [5.41, 5.74) is 19.3. The van der Waals surface area contributed by atoms with Crippen molar-refractivity contribution in [3.63, 3.8) is 0 Å². The summed E-state index contributed by atoms with van der Waals surface area (Å²) in [7, 11) is 4.44. The first-order chi connectivity index (χ1) is 27.2. The monoisotopic (exact) mass is 724 g/mol. The van der Waals surface area contributed by atoms with Crippen LogP contribution in [-0.2, 0) is 7.05 Å². The first kappa shape index (κ1) is 33.8. The van der Waals surface area contributed by atoms with Gasteiger partial charge in [-0.2, -0.15) is 0 Å². The summed E-state index contributed by atoms with van der Waals surface area (Å²) in [4.78, 5) is 7.15. The normalized spacial score (nSPS) is 12.1. The van der Waals surface area contributed by atoms with Gasteiger partial charge in [0.25, 0.3) is 0 Å². The molecule has 0 radical (unpaired) electrons. The Bertz CT molecular complexity index is 2950. The average Bonchev–Trinajstić information content (AvgIpc) is 3.47. The number of hydrogen-bond acceptors (Lipinski definition) is 3. The summed E-state index contributed by atoms with van der Waals surface area (Å²) < 4.78 is 2.39. The van der Waals surface area contributed by atoms with Gasteiger partial charge in [0.1, 0.15) is 0 Å². The topological polar surface area (TPSA) is 14.7 Å². The Kier molecular flexibility index (Phi) is 7.79. The molecule has 0 saturated carbocycles. The van der Waals surface area contributed by atoms with Gasteiger partial charge in [-0.05, 0) is 146 Å². The summed E-state index contributed by atoms with van der Waals surface area (Å²) in [5.74, 6) is 0. The third kappa shape index (κ3) is 5.36. The molecule has 56 heavy (non-hydrogen) atoms. The first-order valence-electron chi connectivity index (χ1n) is 19.5. The van der Waals surface area contributed by atoms with E-state index in [0.29, 0.717) is 0 Å². The highest BCUT2D eigenvalue weighted by Gasteiger charge is 2.27. The molecular weight excluding hydrogens is 681 g/mol. The van der Waals surface area contributed by atoms with E-state index >= 15 is 0 Å². The molecular formula is C52H44N4. The van der Waals surface area contributed by atoms with E-state index in [1.54, 1.807) is 0 Å². The summed E-state index contributed by atoms with van der Waals surface area (Å²) in [6.45, 7) is 8.71. The average molecular weight is 725 g/mol. The van der Waals surface area contributed by atoms with Gasteiger partial charge in [0.15, 0.2) is 0 Å². The fraction of sp³-hybridized carbons (Fsp3) is 0.115. The van der Waals surface area contributed by atoms with E-state index in [9.17, 15) is 0 Å². The third-order valence-electron chi connectivity index (χ3n) is 11.6. The standard InChI is InChI=1S/C52H44N4/c1-33-24-34(2)27-41(26-33)55(37-14-9-7-10-15-37)39-20-22-43-46-32-50-51(45-18-13-19-47(52(45)46)53(5)48(43)30-39)44-23-21-40(31-49(44)54(50)6)56(38-16-11-8-12-17-38)42-28-35(3)25-36(4)29-42/h7-32H,1-6H3. The number of aromatic nitrogens is 1. The van der Waals surface area contributed by atoms with Crippen LogP contribution in [0.2, 0.25) is 0 Å². The van der Waals surface area contributed by atoms with Gasteiger partial charge >= 0.3 is 0 Å². The molecule has 0 N–H and O–H groups in total. The Hall–Kier alpha value is -6.78. The summed E-state index contributed by atoms with van der Waals surface area (Å²) in [5, 5.41) is 5.14. The van der Waals surface area contributed by atoms with E-state index in [0.717, 1.165) is 34.1 Å². The van der Waals surface area contributed by atoms with Crippen molar-refractivity contribution in [3.05, 3.63) is 180 Å². The molecule has 8 aromatic carbocycles. The van der Waals surface area contributed by atoms with Gasteiger partial charge in [0, 0.05) is 75.6 Å². The van der Waals surface area contributed by atoms with Gasteiger partial charge in [-0.1, -0.05) is 72.8 Å². The molecule has 0 aliphatic carbocycles. The van der Waals surface area contributed by atoms with Gasteiger partial charge in [0.2, 0.25) is 0 Å². The van der Waals surface area contributed by atoms with E-state index in [2.05, 4.69) is 219 Å². The molecule has 0 atom stereocenters. The number of rotatable bonds is 6. The second-order valence-corrected chi connectivity index (χ2v) is 15.6. The van der Waals surface area contributed by atoms with Crippen molar-refractivity contribution >= 4 is 78.1 Å². The minimum Gasteiger partial charge on any atom is -0.344 e. The van der Waals surface area contributed by atoms with Crippen molar-refractivity contribution in [1.29, 1.82) is 0 Å². The molecule has 0 spiro atoms. The van der Waals surface area contributed by atoms with Crippen LogP contribution in [0.25, 0.3) is 43.7 Å². The maximum absolute atomic E-state index is 2.43. The van der Waals surface area contributed by atoms with Crippen LogP contribution in [0, 0.1) is 27.7 Å². The van der Waals surface area contributed by atoms with Gasteiger partial charge in [-0.3, -0.25) is 0 Å². The number of benzene rings is 8. The highest BCUT2D eigenvalue weighted by molar-refractivity contribution is 6.28. The van der Waals surface area contributed by atoms with Gasteiger partial charge in [-0.25, -0.2) is 0 Å². The Balaban J connectivity index is 1.17. The molecule has 1 aromatic heterocycles. The zero-order valence-electron chi connectivity index (χ0n) is 32.8. The van der Waals surface area contributed by atoms with E-state index in [4.69, 9.17) is 0 Å². The van der Waals surface area contributed by atoms with Gasteiger partial charge in [0.05, 0.1) is 16.7 Å². The smallest absolute Gasteiger partial charge is 0.0510 e. The van der Waals surface area contributed by atoms with E-state index in [1.165, 1.54) is 77.3 Å². The zero-order chi connectivity index (χ0) is 38.2. The Morgan fingerprint density at radius 2 is 0.911 bits per heavy atom. The number of anilines is 8. The summed E-state index contributed by atoms with van der Waals surface area (Å²) in [6, 6.07) is 58.2. The van der Waals surface area contributed by atoms with Crippen molar-refractivity contribution in [3.8, 4) is 11.1 Å². The lowest BCUT2D eigenvalue weighted by atomic mass is 9.89. The SMILES string of the molecule is Cc1cc(C)cc(N(c2ccccc2)c2ccc3c(c2)N(C)c2cccc4c2c-3cc2c4c3ccc(N(c4ccccc4)c4cc(C)cc(C)c4)cc3n2C)c1. The molecule has 0 fully saturated rings. The fourth-order valence-corrected chi connectivity index (χ4v) is 9.27. The van der Waals surface area contributed by atoms with Crippen molar-refractivity contribution in [1.82, 2.24) is 4.57 Å². The van der Waals surface area contributed by atoms with Crippen molar-refractivity contribution in [2.75, 3.05) is 21.7 Å². The molecule has 2 heterocycles. The lowest BCUT2D eigenvalue weighted by molar-refractivity contribution is 1.01.